The minimum atomic E-state index is 0.472. The van der Waals surface area contributed by atoms with Gasteiger partial charge in [0.15, 0.2) is 5.65 Å². The van der Waals surface area contributed by atoms with Gasteiger partial charge in [0.2, 0.25) is 0 Å². The van der Waals surface area contributed by atoms with E-state index in [1.807, 2.05) is 12.3 Å². The number of aryl methyl sites for hydroxylation is 1. The number of pyridine rings is 3. The number of rotatable bonds is 3. The van der Waals surface area contributed by atoms with Gasteiger partial charge in [0, 0.05) is 48.2 Å². The molecular weight excluding hydrogens is 322 g/mol. The average Bonchev–Trinajstić information content (AvgIpc) is 3.29. The number of aromatic nitrogens is 4. The number of imidazole rings is 1. The summed E-state index contributed by atoms with van der Waals surface area (Å²) in [6, 6.07) is 14.6. The minimum Gasteiger partial charge on any atom is -0.304 e. The Morgan fingerprint density at radius 1 is 1.08 bits per heavy atom. The molecule has 4 aromatic rings. The summed E-state index contributed by atoms with van der Waals surface area (Å²) in [5, 5.41) is 1.10. The molecule has 0 N–H and O–H groups in total. The highest BCUT2D eigenvalue weighted by molar-refractivity contribution is 5.74. The first-order valence-electron chi connectivity index (χ1n) is 9.14. The van der Waals surface area contributed by atoms with Crippen LogP contribution in [0.1, 0.15) is 29.4 Å². The Morgan fingerprint density at radius 2 is 2.04 bits per heavy atom. The van der Waals surface area contributed by atoms with Crippen LogP contribution in [0.5, 0.6) is 0 Å². The van der Waals surface area contributed by atoms with Crippen molar-refractivity contribution in [2.24, 2.45) is 0 Å². The first-order chi connectivity index (χ1) is 12.8. The van der Waals surface area contributed by atoms with Crippen LogP contribution in [0.25, 0.3) is 16.7 Å². The van der Waals surface area contributed by atoms with E-state index in [2.05, 4.69) is 63.8 Å². The van der Waals surface area contributed by atoms with Crippen molar-refractivity contribution in [1.82, 2.24) is 24.3 Å². The topological polar surface area (TPSA) is 46.3 Å². The fourth-order valence-electron chi connectivity index (χ4n) is 3.92. The Labute approximate surface area is 152 Å². The van der Waals surface area contributed by atoms with Crippen LogP contribution in [0.2, 0.25) is 0 Å². The summed E-state index contributed by atoms with van der Waals surface area (Å²) < 4.78 is 2.17. The Balaban J connectivity index is 1.33. The van der Waals surface area contributed by atoms with E-state index in [0.717, 1.165) is 54.1 Å². The molecule has 130 valence electrons. The molecule has 1 unspecified atom stereocenters. The third kappa shape index (κ3) is 2.74. The summed E-state index contributed by atoms with van der Waals surface area (Å²) in [7, 11) is 0. The molecule has 0 amide bonds. The van der Waals surface area contributed by atoms with E-state index in [-0.39, 0.29) is 0 Å². The van der Waals surface area contributed by atoms with E-state index in [1.54, 1.807) is 0 Å². The zero-order valence-electron chi connectivity index (χ0n) is 14.8. The lowest BCUT2D eigenvalue weighted by atomic mass is 10.0. The Bertz CT molecular complexity index is 1080. The van der Waals surface area contributed by atoms with Crippen LogP contribution in [0.4, 0.5) is 0 Å². The molecule has 5 nitrogen and oxygen atoms in total. The van der Waals surface area contributed by atoms with E-state index in [1.165, 1.54) is 5.69 Å². The summed E-state index contributed by atoms with van der Waals surface area (Å²) in [6.07, 6.45) is 5.11. The van der Waals surface area contributed by atoms with E-state index >= 15 is 0 Å². The molecule has 5 heterocycles. The van der Waals surface area contributed by atoms with Gasteiger partial charge in [-0.2, -0.15) is 0 Å². The maximum atomic E-state index is 4.79. The molecule has 0 radical (unpaired) electrons. The van der Waals surface area contributed by atoms with Gasteiger partial charge in [0.1, 0.15) is 5.65 Å². The molecule has 0 saturated carbocycles. The second-order valence-corrected chi connectivity index (χ2v) is 7.13. The fourth-order valence-corrected chi connectivity index (χ4v) is 3.92. The van der Waals surface area contributed by atoms with E-state index < -0.39 is 0 Å². The van der Waals surface area contributed by atoms with Crippen molar-refractivity contribution in [3.63, 3.8) is 0 Å². The normalized spacial score (nSPS) is 18.1. The smallest absolute Gasteiger partial charge is 0.159 e. The molecular formula is C21H21N5. The molecule has 1 saturated heterocycles. The lowest BCUT2D eigenvalue weighted by molar-refractivity contribution is 0.323. The van der Waals surface area contributed by atoms with Gasteiger partial charge in [0.05, 0.1) is 5.69 Å². The lowest BCUT2D eigenvalue weighted by Gasteiger charge is -2.14. The fraction of sp³-hybridized carbons (Fsp3) is 0.286. The summed E-state index contributed by atoms with van der Waals surface area (Å²) in [5.74, 6) is 0.472. The van der Waals surface area contributed by atoms with Crippen LogP contribution >= 0.6 is 0 Å². The van der Waals surface area contributed by atoms with Crippen molar-refractivity contribution < 1.29 is 0 Å². The van der Waals surface area contributed by atoms with Gasteiger partial charge < -0.3 is 4.40 Å². The molecule has 5 heteroatoms. The predicted molar refractivity (Wildman–Crippen MR) is 102 cm³/mol. The van der Waals surface area contributed by atoms with Gasteiger partial charge in [-0.05, 0) is 56.3 Å². The first-order valence-corrected chi connectivity index (χ1v) is 9.14. The summed E-state index contributed by atoms with van der Waals surface area (Å²) in [6.45, 7) is 5.12. The van der Waals surface area contributed by atoms with Crippen molar-refractivity contribution in [1.29, 1.82) is 0 Å². The number of fused-ring (bicyclic) bond motifs is 2. The zero-order valence-corrected chi connectivity index (χ0v) is 14.8. The zero-order chi connectivity index (χ0) is 17.5. The predicted octanol–water partition coefficient (Wildman–Crippen LogP) is 3.58. The average molecular weight is 343 g/mol. The summed E-state index contributed by atoms with van der Waals surface area (Å²) in [5.41, 5.74) is 5.38. The molecule has 1 aliphatic heterocycles. The summed E-state index contributed by atoms with van der Waals surface area (Å²) >= 11 is 0. The van der Waals surface area contributed by atoms with Crippen molar-refractivity contribution in [2.75, 3.05) is 13.1 Å². The molecule has 0 bridgehead atoms. The van der Waals surface area contributed by atoms with Crippen LogP contribution in [0, 0.1) is 6.92 Å². The molecule has 0 aliphatic carbocycles. The second-order valence-electron chi connectivity index (χ2n) is 7.13. The second kappa shape index (κ2) is 6.18. The molecule has 0 aromatic carbocycles. The van der Waals surface area contributed by atoms with Crippen molar-refractivity contribution in [2.45, 2.75) is 25.8 Å². The number of hydrogen-bond donors (Lipinski definition) is 0. The Kier molecular flexibility index (Phi) is 3.68. The van der Waals surface area contributed by atoms with Crippen molar-refractivity contribution in [3.05, 3.63) is 71.9 Å². The van der Waals surface area contributed by atoms with Crippen molar-refractivity contribution >= 4 is 16.7 Å². The molecule has 1 atom stereocenters. The Hall–Kier alpha value is -2.79. The standard InChI is InChI=1S/C21H21N5/c1-15-4-2-6-20-23-18(14-26(15)20)13-25-11-9-17(12-25)19-8-7-16-5-3-10-22-21(16)24-19/h2-8,10,14,17H,9,11-13H2,1H3. The van der Waals surface area contributed by atoms with Crippen LogP contribution in [-0.4, -0.2) is 37.3 Å². The minimum absolute atomic E-state index is 0.472. The highest BCUT2D eigenvalue weighted by atomic mass is 15.2. The summed E-state index contributed by atoms with van der Waals surface area (Å²) in [4.78, 5) is 16.4. The monoisotopic (exact) mass is 343 g/mol. The molecule has 1 fully saturated rings. The van der Waals surface area contributed by atoms with Crippen LogP contribution in [-0.2, 0) is 6.54 Å². The number of nitrogens with zero attached hydrogens (tertiary/aromatic N) is 5. The van der Waals surface area contributed by atoms with Gasteiger partial charge in [-0.1, -0.05) is 6.07 Å². The molecule has 5 rings (SSSR count). The van der Waals surface area contributed by atoms with Gasteiger partial charge in [-0.25, -0.2) is 15.0 Å². The highest BCUT2D eigenvalue weighted by Gasteiger charge is 2.25. The van der Waals surface area contributed by atoms with Gasteiger partial charge in [-0.15, -0.1) is 0 Å². The number of likely N-dealkylation sites (tertiary alicyclic amines) is 1. The van der Waals surface area contributed by atoms with Crippen LogP contribution < -0.4 is 0 Å². The molecule has 4 aromatic heterocycles. The highest BCUT2D eigenvalue weighted by Crippen LogP contribution is 2.28. The number of hydrogen-bond acceptors (Lipinski definition) is 4. The van der Waals surface area contributed by atoms with Crippen molar-refractivity contribution in [3.8, 4) is 0 Å². The first kappa shape index (κ1) is 15.5. The van der Waals surface area contributed by atoms with Gasteiger partial charge in [0.25, 0.3) is 0 Å². The quantitative estimate of drug-likeness (QED) is 0.570. The van der Waals surface area contributed by atoms with E-state index in [4.69, 9.17) is 9.97 Å². The van der Waals surface area contributed by atoms with Gasteiger partial charge >= 0.3 is 0 Å². The maximum absolute atomic E-state index is 4.79. The van der Waals surface area contributed by atoms with Gasteiger partial charge in [-0.3, -0.25) is 4.90 Å². The third-order valence-corrected chi connectivity index (χ3v) is 5.31. The lowest BCUT2D eigenvalue weighted by Crippen LogP contribution is -2.20. The largest absolute Gasteiger partial charge is 0.304 e. The maximum Gasteiger partial charge on any atom is 0.159 e. The molecule has 26 heavy (non-hydrogen) atoms. The Morgan fingerprint density at radius 3 is 2.96 bits per heavy atom. The third-order valence-electron chi connectivity index (χ3n) is 5.31. The molecule has 0 spiro atoms. The molecule has 1 aliphatic rings. The van der Waals surface area contributed by atoms with E-state index in [0.29, 0.717) is 5.92 Å². The van der Waals surface area contributed by atoms with E-state index in [9.17, 15) is 0 Å². The SMILES string of the molecule is Cc1cccc2nc(CN3CCC(c4ccc5cccnc5n4)C3)cn12. The van der Waals surface area contributed by atoms with Crippen LogP contribution in [0.15, 0.2) is 54.9 Å². The van der Waals surface area contributed by atoms with Crippen LogP contribution in [0.3, 0.4) is 0 Å².